The highest BCUT2D eigenvalue weighted by Gasteiger charge is 2.31. The Morgan fingerprint density at radius 3 is 2.60 bits per heavy atom. The van der Waals surface area contributed by atoms with Gasteiger partial charge in [0.25, 0.3) is 5.71 Å². The fraction of sp³-hybridized carbons (Fsp3) is 0.290. The molecule has 42 heavy (non-hydrogen) atoms. The molecule has 6 rings (SSSR count). The van der Waals surface area contributed by atoms with E-state index in [2.05, 4.69) is 39.4 Å². The van der Waals surface area contributed by atoms with Gasteiger partial charge in [0, 0.05) is 43.9 Å². The predicted octanol–water partition coefficient (Wildman–Crippen LogP) is 7.15. The molecule has 2 aromatic heterocycles. The van der Waals surface area contributed by atoms with Gasteiger partial charge in [-0.25, -0.2) is 9.78 Å². The third-order valence-electron chi connectivity index (χ3n) is 7.38. The average molecular weight is 575 g/mol. The Bertz CT molecular complexity index is 1750. The Morgan fingerprint density at radius 1 is 0.952 bits per heavy atom. The Morgan fingerprint density at radius 2 is 1.79 bits per heavy atom. The average Bonchev–Trinajstić information content (AvgIpc) is 3.25. The summed E-state index contributed by atoms with van der Waals surface area (Å²) in [6, 6.07) is 18.4. The fourth-order valence-electron chi connectivity index (χ4n) is 5.29. The molecule has 2 amide bonds. The summed E-state index contributed by atoms with van der Waals surface area (Å²) in [5.74, 6) is 1.36. The molecule has 1 aliphatic rings. The summed E-state index contributed by atoms with van der Waals surface area (Å²) in [7, 11) is 0. The Labute approximate surface area is 240 Å². The van der Waals surface area contributed by atoms with Crippen LogP contribution in [0.5, 0.6) is 0 Å². The Hall–Kier alpha value is -4.67. The third-order valence-corrected chi connectivity index (χ3v) is 7.38. The van der Waals surface area contributed by atoms with E-state index in [4.69, 9.17) is 9.51 Å². The second-order valence-electron chi connectivity index (χ2n) is 10.3. The molecule has 0 unspecified atom stereocenters. The first kappa shape index (κ1) is 27.5. The molecule has 216 valence electrons. The molecule has 3 heterocycles. The minimum atomic E-state index is -4.49. The SMILES string of the molecule is CCCc1nc(N2CCCN(C(=O)Nc3cccc(C(F)(F)F)c3)CC2)c2c(-c3ccc4ccccc4c3)noc2n1. The number of nitrogens with zero attached hydrogens (tertiary/aromatic N) is 5. The molecule has 0 atom stereocenters. The number of benzene rings is 3. The van der Waals surface area contributed by atoms with Gasteiger partial charge in [0.1, 0.15) is 22.7 Å². The molecule has 1 aliphatic heterocycles. The van der Waals surface area contributed by atoms with Crippen molar-refractivity contribution < 1.29 is 22.5 Å². The van der Waals surface area contributed by atoms with E-state index in [0.29, 0.717) is 67.5 Å². The van der Waals surface area contributed by atoms with E-state index < -0.39 is 17.8 Å². The summed E-state index contributed by atoms with van der Waals surface area (Å²) in [5, 5.41) is 9.94. The van der Waals surface area contributed by atoms with Gasteiger partial charge in [0.2, 0.25) is 0 Å². The van der Waals surface area contributed by atoms with Crippen LogP contribution >= 0.6 is 0 Å². The van der Waals surface area contributed by atoms with Crippen molar-refractivity contribution in [2.24, 2.45) is 0 Å². The smallest absolute Gasteiger partial charge is 0.354 e. The highest BCUT2D eigenvalue weighted by atomic mass is 19.4. The number of rotatable bonds is 5. The number of halogens is 3. The number of urea groups is 1. The van der Waals surface area contributed by atoms with Crippen LogP contribution in [0, 0.1) is 0 Å². The van der Waals surface area contributed by atoms with Gasteiger partial charge >= 0.3 is 12.2 Å². The molecule has 8 nitrogen and oxygen atoms in total. The van der Waals surface area contributed by atoms with Crippen molar-refractivity contribution >= 4 is 39.4 Å². The maximum absolute atomic E-state index is 13.1. The van der Waals surface area contributed by atoms with Crippen molar-refractivity contribution in [1.82, 2.24) is 20.0 Å². The molecular weight excluding hydrogens is 545 g/mol. The largest absolute Gasteiger partial charge is 0.416 e. The highest BCUT2D eigenvalue weighted by Crippen LogP contribution is 2.36. The summed E-state index contributed by atoms with van der Waals surface area (Å²) in [4.78, 5) is 26.4. The first-order chi connectivity index (χ1) is 20.3. The molecular formula is C31H29F3N6O2. The third kappa shape index (κ3) is 5.59. The Kier molecular flexibility index (Phi) is 7.40. The normalized spacial score (nSPS) is 14.4. The van der Waals surface area contributed by atoms with Crippen molar-refractivity contribution in [1.29, 1.82) is 0 Å². The van der Waals surface area contributed by atoms with Gasteiger partial charge in [0.05, 0.1) is 5.56 Å². The summed E-state index contributed by atoms with van der Waals surface area (Å²) in [6.45, 7) is 3.94. The number of anilines is 2. The summed E-state index contributed by atoms with van der Waals surface area (Å²) >= 11 is 0. The van der Waals surface area contributed by atoms with Crippen LogP contribution < -0.4 is 10.2 Å². The number of aryl methyl sites for hydroxylation is 1. The molecule has 1 fully saturated rings. The van der Waals surface area contributed by atoms with E-state index >= 15 is 0 Å². The monoisotopic (exact) mass is 574 g/mol. The number of fused-ring (bicyclic) bond motifs is 2. The van der Waals surface area contributed by atoms with Crippen LogP contribution in [0.25, 0.3) is 33.1 Å². The number of carbonyl (C=O) groups excluding carboxylic acids is 1. The lowest BCUT2D eigenvalue weighted by Gasteiger charge is -2.24. The topological polar surface area (TPSA) is 87.4 Å². The number of hydrogen-bond donors (Lipinski definition) is 1. The lowest BCUT2D eigenvalue weighted by molar-refractivity contribution is -0.137. The molecule has 0 saturated carbocycles. The fourth-order valence-corrected chi connectivity index (χ4v) is 5.29. The molecule has 0 aliphatic carbocycles. The number of alkyl halides is 3. The van der Waals surface area contributed by atoms with Crippen LogP contribution in [-0.4, -0.2) is 52.2 Å². The second kappa shape index (κ2) is 11.3. The second-order valence-corrected chi connectivity index (χ2v) is 10.3. The minimum Gasteiger partial charge on any atom is -0.354 e. The number of amides is 2. The predicted molar refractivity (Wildman–Crippen MR) is 155 cm³/mol. The molecule has 3 aromatic carbocycles. The standard InChI is InChI=1S/C31H29F3N6O2/c1-2-7-25-36-28(26-27(38-42-29(26)37-25)22-13-12-20-8-3-4-9-21(20)18-22)39-14-6-15-40(17-16-39)30(41)35-24-11-5-10-23(19-24)31(32,33)34/h3-5,8-13,18-19H,2,6-7,14-17H2,1H3,(H,35,41). The van der Waals surface area contributed by atoms with Gasteiger partial charge in [-0.3, -0.25) is 0 Å². The maximum Gasteiger partial charge on any atom is 0.416 e. The van der Waals surface area contributed by atoms with Crippen LogP contribution in [-0.2, 0) is 12.6 Å². The zero-order valence-electron chi connectivity index (χ0n) is 23.0. The molecule has 0 spiro atoms. The maximum atomic E-state index is 13.1. The molecule has 1 saturated heterocycles. The van der Waals surface area contributed by atoms with E-state index in [9.17, 15) is 18.0 Å². The zero-order chi connectivity index (χ0) is 29.3. The van der Waals surface area contributed by atoms with Gasteiger partial charge in [0.15, 0.2) is 0 Å². The summed E-state index contributed by atoms with van der Waals surface area (Å²) in [5.41, 5.74) is 1.24. The van der Waals surface area contributed by atoms with Crippen LogP contribution in [0.1, 0.15) is 31.2 Å². The number of nitrogens with one attached hydrogen (secondary N) is 1. The van der Waals surface area contributed by atoms with E-state index in [1.165, 1.54) is 12.1 Å². The van der Waals surface area contributed by atoms with Crippen LogP contribution in [0.3, 0.4) is 0 Å². The van der Waals surface area contributed by atoms with E-state index in [1.54, 1.807) is 4.90 Å². The van der Waals surface area contributed by atoms with Gasteiger partial charge < -0.3 is 19.6 Å². The van der Waals surface area contributed by atoms with Crippen LogP contribution in [0.4, 0.5) is 29.5 Å². The highest BCUT2D eigenvalue weighted by molar-refractivity contribution is 6.00. The zero-order valence-corrected chi connectivity index (χ0v) is 23.0. The van der Waals surface area contributed by atoms with Crippen LogP contribution in [0.15, 0.2) is 71.3 Å². The van der Waals surface area contributed by atoms with E-state index in [1.807, 2.05) is 30.3 Å². The van der Waals surface area contributed by atoms with E-state index in [0.717, 1.165) is 34.9 Å². The van der Waals surface area contributed by atoms with Crippen LogP contribution in [0.2, 0.25) is 0 Å². The first-order valence-corrected chi connectivity index (χ1v) is 13.9. The molecule has 0 bridgehead atoms. The molecule has 11 heteroatoms. The van der Waals surface area contributed by atoms with Gasteiger partial charge in [-0.1, -0.05) is 54.5 Å². The first-order valence-electron chi connectivity index (χ1n) is 13.9. The lowest BCUT2D eigenvalue weighted by atomic mass is 10.0. The van der Waals surface area contributed by atoms with Gasteiger partial charge in [-0.2, -0.15) is 18.2 Å². The van der Waals surface area contributed by atoms with Gasteiger partial charge in [-0.05, 0) is 47.9 Å². The summed E-state index contributed by atoms with van der Waals surface area (Å²) in [6.07, 6.45) is -2.31. The van der Waals surface area contributed by atoms with Crippen molar-refractivity contribution in [2.45, 2.75) is 32.4 Å². The van der Waals surface area contributed by atoms with E-state index in [-0.39, 0.29) is 5.69 Å². The van der Waals surface area contributed by atoms with Crippen molar-refractivity contribution in [3.8, 4) is 11.3 Å². The van der Waals surface area contributed by atoms with Crippen molar-refractivity contribution in [3.05, 3.63) is 78.1 Å². The van der Waals surface area contributed by atoms with Crippen molar-refractivity contribution in [2.75, 3.05) is 36.4 Å². The minimum absolute atomic E-state index is 0.0992. The molecule has 1 N–H and O–H groups in total. The molecule has 0 radical (unpaired) electrons. The Balaban J connectivity index is 1.28. The molecule has 5 aromatic rings. The quantitative estimate of drug-likeness (QED) is 0.240. The summed E-state index contributed by atoms with van der Waals surface area (Å²) < 4.78 is 45.2. The van der Waals surface area contributed by atoms with Gasteiger partial charge in [-0.15, -0.1) is 0 Å². The van der Waals surface area contributed by atoms with Crippen molar-refractivity contribution in [3.63, 3.8) is 0 Å². The lowest BCUT2D eigenvalue weighted by Crippen LogP contribution is -2.38. The number of aromatic nitrogens is 3. The number of hydrogen-bond acceptors (Lipinski definition) is 6. The number of carbonyl (C=O) groups is 1.